The highest BCUT2D eigenvalue weighted by Gasteiger charge is 2.09. The standard InChI is InChI=1S/C17H20N2O4/c1-10(2)23-13-6-4-12(5-7-13)8-15-18-11(3)14(9-16(20)21)17(22)19-15/h4-7,10H,8-9H2,1-3H3,(H,20,21)(H,18,19,22)/p-1. The van der Waals surface area contributed by atoms with Crippen LogP contribution in [0.1, 0.15) is 36.5 Å². The first-order valence-electron chi connectivity index (χ1n) is 7.39. The number of carbonyl (C=O) groups excluding carboxylic acids is 1. The molecule has 1 aromatic heterocycles. The molecule has 0 aliphatic rings. The van der Waals surface area contributed by atoms with Crippen molar-refractivity contribution >= 4 is 5.97 Å². The van der Waals surface area contributed by atoms with Gasteiger partial charge >= 0.3 is 0 Å². The Bertz CT molecular complexity index is 748. The lowest BCUT2D eigenvalue weighted by atomic mass is 10.1. The number of carboxylic acid groups (broad SMARTS) is 1. The zero-order valence-electron chi connectivity index (χ0n) is 13.4. The number of benzene rings is 1. The van der Waals surface area contributed by atoms with E-state index in [2.05, 4.69) is 9.97 Å². The van der Waals surface area contributed by atoms with Gasteiger partial charge in [0.25, 0.3) is 5.56 Å². The molecular weight excluding hydrogens is 296 g/mol. The zero-order chi connectivity index (χ0) is 17.0. The van der Waals surface area contributed by atoms with E-state index in [1.165, 1.54) is 0 Å². The van der Waals surface area contributed by atoms with E-state index in [4.69, 9.17) is 4.74 Å². The van der Waals surface area contributed by atoms with E-state index in [0.717, 1.165) is 11.3 Å². The van der Waals surface area contributed by atoms with Gasteiger partial charge in [0.1, 0.15) is 11.6 Å². The maximum Gasteiger partial charge on any atom is 0.254 e. The predicted molar refractivity (Wildman–Crippen MR) is 83.3 cm³/mol. The highest BCUT2D eigenvalue weighted by atomic mass is 16.5. The summed E-state index contributed by atoms with van der Waals surface area (Å²) in [6.07, 6.45) is 0.122. The van der Waals surface area contributed by atoms with E-state index in [9.17, 15) is 14.7 Å². The highest BCUT2D eigenvalue weighted by molar-refractivity contribution is 5.68. The molecule has 0 amide bonds. The summed E-state index contributed by atoms with van der Waals surface area (Å²) in [6.45, 7) is 5.54. The minimum absolute atomic E-state index is 0.109. The van der Waals surface area contributed by atoms with Crippen LogP contribution in [0.3, 0.4) is 0 Å². The fraction of sp³-hybridized carbons (Fsp3) is 0.353. The third-order valence-electron chi connectivity index (χ3n) is 3.26. The van der Waals surface area contributed by atoms with E-state index in [0.29, 0.717) is 17.9 Å². The van der Waals surface area contributed by atoms with Gasteiger partial charge in [0.15, 0.2) is 0 Å². The van der Waals surface area contributed by atoms with Gasteiger partial charge in [-0.1, -0.05) is 12.1 Å². The predicted octanol–water partition coefficient (Wildman–Crippen LogP) is 0.749. The molecular formula is C17H19N2O4-. The number of aryl methyl sites for hydroxylation is 1. The Labute approximate surface area is 134 Å². The minimum atomic E-state index is -1.30. The maximum absolute atomic E-state index is 12.0. The molecule has 0 spiro atoms. The number of aromatic nitrogens is 2. The van der Waals surface area contributed by atoms with Crippen molar-refractivity contribution in [1.82, 2.24) is 9.97 Å². The van der Waals surface area contributed by atoms with E-state index in [1.807, 2.05) is 38.1 Å². The summed E-state index contributed by atoms with van der Waals surface area (Å²) in [7, 11) is 0. The SMILES string of the molecule is Cc1nc(Cc2ccc(OC(C)C)cc2)[nH]c(=O)c1CC(=O)[O-]. The second kappa shape index (κ2) is 7.09. The number of rotatable bonds is 6. The molecule has 23 heavy (non-hydrogen) atoms. The summed E-state index contributed by atoms with van der Waals surface area (Å²) in [6, 6.07) is 7.54. The number of nitrogens with zero attached hydrogens (tertiary/aromatic N) is 1. The molecule has 0 aliphatic heterocycles. The first kappa shape index (κ1) is 16.7. The monoisotopic (exact) mass is 315 g/mol. The van der Waals surface area contributed by atoms with Crippen molar-refractivity contribution in [3.8, 4) is 5.75 Å². The summed E-state index contributed by atoms with van der Waals surface area (Å²) >= 11 is 0. The largest absolute Gasteiger partial charge is 0.550 e. The van der Waals surface area contributed by atoms with Crippen LogP contribution in [0.15, 0.2) is 29.1 Å². The molecule has 0 aliphatic carbocycles. The second-order valence-corrected chi connectivity index (χ2v) is 5.61. The topological polar surface area (TPSA) is 95.1 Å². The molecule has 0 fully saturated rings. The fourth-order valence-corrected chi connectivity index (χ4v) is 2.26. The van der Waals surface area contributed by atoms with Crippen LogP contribution in [-0.2, 0) is 17.6 Å². The Balaban J connectivity index is 2.17. The number of ether oxygens (including phenoxy) is 1. The van der Waals surface area contributed by atoms with Gasteiger partial charge in [-0.3, -0.25) is 4.79 Å². The van der Waals surface area contributed by atoms with Crippen LogP contribution in [0.5, 0.6) is 5.75 Å². The van der Waals surface area contributed by atoms with E-state index >= 15 is 0 Å². The van der Waals surface area contributed by atoms with Gasteiger partial charge in [0.2, 0.25) is 0 Å². The molecule has 0 saturated carbocycles. The Kier molecular flexibility index (Phi) is 5.16. The lowest BCUT2D eigenvalue weighted by Gasteiger charge is -2.10. The van der Waals surface area contributed by atoms with Gasteiger partial charge in [-0.25, -0.2) is 4.98 Å². The third kappa shape index (κ3) is 4.67. The number of aromatic amines is 1. The van der Waals surface area contributed by atoms with E-state index in [1.54, 1.807) is 6.92 Å². The lowest BCUT2D eigenvalue weighted by Crippen LogP contribution is -2.29. The zero-order valence-corrected chi connectivity index (χ0v) is 13.4. The molecule has 0 atom stereocenters. The van der Waals surface area contributed by atoms with Gasteiger partial charge in [0.05, 0.1) is 6.10 Å². The van der Waals surface area contributed by atoms with Gasteiger partial charge in [-0.05, 0) is 38.5 Å². The molecule has 6 nitrogen and oxygen atoms in total. The van der Waals surface area contributed by atoms with E-state index < -0.39 is 17.9 Å². The number of aliphatic carboxylic acids is 1. The first-order valence-corrected chi connectivity index (χ1v) is 7.39. The van der Waals surface area contributed by atoms with Gasteiger partial charge < -0.3 is 19.6 Å². The smallest absolute Gasteiger partial charge is 0.254 e. The number of nitrogens with one attached hydrogen (secondary N) is 1. The molecule has 0 saturated heterocycles. The number of hydrogen-bond acceptors (Lipinski definition) is 5. The average Bonchev–Trinajstić information content (AvgIpc) is 2.44. The Hall–Kier alpha value is -2.63. The number of carboxylic acids is 1. The maximum atomic E-state index is 12.0. The van der Waals surface area contributed by atoms with Crippen molar-refractivity contribution in [3.05, 3.63) is 57.3 Å². The van der Waals surface area contributed by atoms with Crippen molar-refractivity contribution in [2.24, 2.45) is 0 Å². The third-order valence-corrected chi connectivity index (χ3v) is 3.26. The molecule has 1 aromatic carbocycles. The molecule has 1 heterocycles. The molecule has 122 valence electrons. The van der Waals surface area contributed by atoms with Crippen LogP contribution < -0.4 is 15.4 Å². The number of hydrogen-bond donors (Lipinski definition) is 1. The lowest BCUT2D eigenvalue weighted by molar-refractivity contribution is -0.304. The summed E-state index contributed by atoms with van der Waals surface area (Å²) < 4.78 is 5.58. The summed E-state index contributed by atoms with van der Waals surface area (Å²) in [4.78, 5) is 29.5. The first-order chi connectivity index (χ1) is 10.8. The van der Waals surface area contributed by atoms with Crippen LogP contribution in [0.2, 0.25) is 0 Å². The summed E-state index contributed by atoms with van der Waals surface area (Å²) in [5, 5.41) is 10.7. The normalized spacial score (nSPS) is 10.8. The van der Waals surface area contributed by atoms with Crippen molar-refractivity contribution in [2.75, 3.05) is 0 Å². The van der Waals surface area contributed by atoms with Crippen LogP contribution in [-0.4, -0.2) is 22.0 Å². The molecule has 2 rings (SSSR count). The molecule has 0 bridgehead atoms. The Morgan fingerprint density at radius 1 is 1.30 bits per heavy atom. The minimum Gasteiger partial charge on any atom is -0.550 e. The molecule has 6 heteroatoms. The summed E-state index contributed by atoms with van der Waals surface area (Å²) in [5.41, 5.74) is 1.08. The van der Waals surface area contributed by atoms with Crippen molar-refractivity contribution in [3.63, 3.8) is 0 Å². The summed E-state index contributed by atoms with van der Waals surface area (Å²) in [5.74, 6) is -0.0216. The van der Waals surface area contributed by atoms with Gasteiger partial charge in [-0.2, -0.15) is 0 Å². The van der Waals surface area contributed by atoms with Crippen LogP contribution in [0.25, 0.3) is 0 Å². The molecule has 2 aromatic rings. The second-order valence-electron chi connectivity index (χ2n) is 5.61. The molecule has 0 unspecified atom stereocenters. The van der Waals surface area contributed by atoms with Crippen LogP contribution in [0, 0.1) is 6.92 Å². The van der Waals surface area contributed by atoms with Crippen molar-refractivity contribution in [2.45, 2.75) is 39.7 Å². The Morgan fingerprint density at radius 2 is 1.96 bits per heavy atom. The van der Waals surface area contributed by atoms with Crippen molar-refractivity contribution < 1.29 is 14.6 Å². The number of carbonyl (C=O) groups is 1. The van der Waals surface area contributed by atoms with Gasteiger partial charge in [0, 0.05) is 30.1 Å². The Morgan fingerprint density at radius 3 is 2.48 bits per heavy atom. The van der Waals surface area contributed by atoms with Crippen LogP contribution in [0.4, 0.5) is 0 Å². The quantitative estimate of drug-likeness (QED) is 0.848. The number of H-pyrrole nitrogens is 1. The average molecular weight is 315 g/mol. The van der Waals surface area contributed by atoms with Gasteiger partial charge in [-0.15, -0.1) is 0 Å². The molecule has 0 radical (unpaired) electrons. The highest BCUT2D eigenvalue weighted by Crippen LogP contribution is 2.15. The molecule has 1 N–H and O–H groups in total. The van der Waals surface area contributed by atoms with Crippen LogP contribution >= 0.6 is 0 Å². The fourth-order valence-electron chi connectivity index (χ4n) is 2.26. The van der Waals surface area contributed by atoms with E-state index in [-0.39, 0.29) is 11.7 Å². The van der Waals surface area contributed by atoms with Crippen molar-refractivity contribution in [1.29, 1.82) is 0 Å².